The fourth-order valence-electron chi connectivity index (χ4n) is 2.34. The average molecular weight is 200 g/mol. The second kappa shape index (κ2) is 3.40. The average Bonchev–Trinajstić information content (AvgIpc) is 2.14. The van der Waals surface area contributed by atoms with Gasteiger partial charge in [0, 0.05) is 19.6 Å². The number of aliphatic hydroxyl groups is 1. The number of β-amino-alcohol motifs (C(OH)–C–C–N with tert-alkyl or cyclic N) is 1. The Balaban J connectivity index is 2.09. The zero-order valence-electron chi connectivity index (χ0n) is 8.07. The SMILES string of the molecule is O=C(O)N1CCCCC1C1(O)CNC1. The molecule has 0 radical (unpaired) electrons. The smallest absolute Gasteiger partial charge is 0.407 e. The predicted molar refractivity (Wildman–Crippen MR) is 50.2 cm³/mol. The van der Waals surface area contributed by atoms with Crippen LogP contribution in [0.4, 0.5) is 4.79 Å². The topological polar surface area (TPSA) is 72.8 Å². The molecule has 2 aliphatic rings. The molecule has 2 aliphatic heterocycles. The summed E-state index contributed by atoms with van der Waals surface area (Å²) >= 11 is 0. The molecule has 0 aromatic carbocycles. The van der Waals surface area contributed by atoms with E-state index >= 15 is 0 Å². The number of amides is 1. The summed E-state index contributed by atoms with van der Waals surface area (Å²) in [4.78, 5) is 12.3. The van der Waals surface area contributed by atoms with E-state index in [2.05, 4.69) is 5.32 Å². The molecule has 1 unspecified atom stereocenters. The highest BCUT2D eigenvalue weighted by atomic mass is 16.4. The van der Waals surface area contributed by atoms with E-state index in [0.29, 0.717) is 19.6 Å². The van der Waals surface area contributed by atoms with Gasteiger partial charge in [-0.05, 0) is 19.3 Å². The van der Waals surface area contributed by atoms with Gasteiger partial charge < -0.3 is 20.4 Å². The third kappa shape index (κ3) is 1.46. The molecule has 0 aromatic heterocycles. The lowest BCUT2D eigenvalue weighted by molar-refractivity contribution is -0.0866. The fraction of sp³-hybridized carbons (Fsp3) is 0.889. The van der Waals surface area contributed by atoms with Crippen LogP contribution in [0.1, 0.15) is 19.3 Å². The highest BCUT2D eigenvalue weighted by Crippen LogP contribution is 2.28. The van der Waals surface area contributed by atoms with E-state index in [-0.39, 0.29) is 6.04 Å². The van der Waals surface area contributed by atoms with E-state index in [0.717, 1.165) is 19.3 Å². The van der Waals surface area contributed by atoms with Crippen LogP contribution in [-0.4, -0.2) is 52.5 Å². The third-order valence-corrected chi connectivity index (χ3v) is 3.23. The van der Waals surface area contributed by atoms with Crippen LogP contribution in [0.15, 0.2) is 0 Å². The first kappa shape index (κ1) is 9.73. The minimum Gasteiger partial charge on any atom is -0.465 e. The minimum atomic E-state index is -0.907. The highest BCUT2D eigenvalue weighted by molar-refractivity contribution is 5.65. The number of nitrogens with one attached hydrogen (secondary N) is 1. The van der Waals surface area contributed by atoms with Crippen molar-refractivity contribution < 1.29 is 15.0 Å². The molecule has 0 spiro atoms. The predicted octanol–water partition coefficient (Wildman–Crippen LogP) is -0.147. The summed E-state index contributed by atoms with van der Waals surface area (Å²) < 4.78 is 0. The molecular weight excluding hydrogens is 184 g/mol. The number of nitrogens with zero attached hydrogens (tertiary/aromatic N) is 1. The van der Waals surface area contributed by atoms with Crippen LogP contribution < -0.4 is 5.32 Å². The summed E-state index contributed by atoms with van der Waals surface area (Å²) in [5.74, 6) is 0. The summed E-state index contributed by atoms with van der Waals surface area (Å²) in [7, 11) is 0. The second-order valence-corrected chi connectivity index (χ2v) is 4.19. The van der Waals surface area contributed by atoms with E-state index < -0.39 is 11.7 Å². The molecule has 0 bridgehead atoms. The van der Waals surface area contributed by atoms with E-state index in [4.69, 9.17) is 5.11 Å². The van der Waals surface area contributed by atoms with Crippen molar-refractivity contribution in [2.24, 2.45) is 0 Å². The molecule has 2 heterocycles. The van der Waals surface area contributed by atoms with Gasteiger partial charge in [0.25, 0.3) is 0 Å². The lowest BCUT2D eigenvalue weighted by Gasteiger charge is -2.49. The molecule has 2 rings (SSSR count). The van der Waals surface area contributed by atoms with Crippen molar-refractivity contribution in [2.45, 2.75) is 30.9 Å². The van der Waals surface area contributed by atoms with E-state index in [9.17, 15) is 9.90 Å². The lowest BCUT2D eigenvalue weighted by Crippen LogP contribution is -2.71. The number of likely N-dealkylation sites (tertiary alicyclic amines) is 1. The van der Waals surface area contributed by atoms with Crippen molar-refractivity contribution in [3.8, 4) is 0 Å². The zero-order valence-corrected chi connectivity index (χ0v) is 8.07. The van der Waals surface area contributed by atoms with Gasteiger partial charge in [0.05, 0.1) is 6.04 Å². The Labute approximate surface area is 82.7 Å². The second-order valence-electron chi connectivity index (χ2n) is 4.19. The molecule has 0 aromatic rings. The Bertz CT molecular complexity index is 240. The number of carboxylic acid groups (broad SMARTS) is 1. The van der Waals surface area contributed by atoms with Gasteiger partial charge in [0.1, 0.15) is 5.60 Å². The summed E-state index contributed by atoms with van der Waals surface area (Å²) in [5.41, 5.74) is -0.821. The first-order valence-corrected chi connectivity index (χ1v) is 5.06. The Morgan fingerprint density at radius 1 is 1.43 bits per heavy atom. The standard InChI is InChI=1S/C9H16N2O3/c12-8(13)11-4-2-1-3-7(11)9(14)5-10-6-9/h7,10,14H,1-6H2,(H,12,13). The Kier molecular flexibility index (Phi) is 2.36. The maximum absolute atomic E-state index is 10.9. The fourth-order valence-corrected chi connectivity index (χ4v) is 2.34. The van der Waals surface area contributed by atoms with Gasteiger partial charge in [-0.2, -0.15) is 0 Å². The summed E-state index contributed by atoms with van der Waals surface area (Å²) in [6.45, 7) is 1.59. The highest BCUT2D eigenvalue weighted by Gasteiger charge is 2.47. The lowest BCUT2D eigenvalue weighted by atomic mass is 9.82. The molecule has 1 amide bonds. The van der Waals surface area contributed by atoms with Crippen molar-refractivity contribution in [3.63, 3.8) is 0 Å². The van der Waals surface area contributed by atoms with Crippen LogP contribution in [0.5, 0.6) is 0 Å². The summed E-state index contributed by atoms with van der Waals surface area (Å²) in [6.07, 6.45) is 1.79. The Morgan fingerprint density at radius 2 is 2.14 bits per heavy atom. The van der Waals surface area contributed by atoms with Crippen LogP contribution in [0.2, 0.25) is 0 Å². The van der Waals surface area contributed by atoms with Crippen molar-refractivity contribution in [1.82, 2.24) is 10.2 Å². The molecule has 5 heteroatoms. The molecule has 2 saturated heterocycles. The van der Waals surface area contributed by atoms with E-state index in [1.807, 2.05) is 0 Å². The Morgan fingerprint density at radius 3 is 2.64 bits per heavy atom. The molecule has 1 atom stereocenters. The number of rotatable bonds is 1. The minimum absolute atomic E-state index is 0.213. The number of hydrogen-bond donors (Lipinski definition) is 3. The number of hydrogen-bond acceptors (Lipinski definition) is 3. The zero-order chi connectivity index (χ0) is 10.2. The number of carbonyl (C=O) groups is 1. The first-order chi connectivity index (χ1) is 6.63. The van der Waals surface area contributed by atoms with Crippen molar-refractivity contribution in [1.29, 1.82) is 0 Å². The maximum Gasteiger partial charge on any atom is 0.407 e. The van der Waals surface area contributed by atoms with Gasteiger partial charge in [0.2, 0.25) is 0 Å². The van der Waals surface area contributed by atoms with Gasteiger partial charge in [0.15, 0.2) is 0 Å². The van der Waals surface area contributed by atoms with Gasteiger partial charge in [-0.25, -0.2) is 4.79 Å². The van der Waals surface area contributed by atoms with Gasteiger partial charge in [-0.3, -0.25) is 0 Å². The molecule has 3 N–H and O–H groups in total. The normalized spacial score (nSPS) is 30.9. The first-order valence-electron chi connectivity index (χ1n) is 5.06. The monoisotopic (exact) mass is 200 g/mol. The molecular formula is C9H16N2O3. The van der Waals surface area contributed by atoms with Crippen LogP contribution in [-0.2, 0) is 0 Å². The van der Waals surface area contributed by atoms with E-state index in [1.165, 1.54) is 4.90 Å². The van der Waals surface area contributed by atoms with Gasteiger partial charge >= 0.3 is 6.09 Å². The quantitative estimate of drug-likeness (QED) is 0.550. The van der Waals surface area contributed by atoms with Gasteiger partial charge in [-0.15, -0.1) is 0 Å². The van der Waals surface area contributed by atoms with Crippen molar-refractivity contribution >= 4 is 6.09 Å². The third-order valence-electron chi connectivity index (χ3n) is 3.23. The van der Waals surface area contributed by atoms with Crippen LogP contribution in [0, 0.1) is 0 Å². The molecule has 14 heavy (non-hydrogen) atoms. The Hall–Kier alpha value is -0.810. The molecule has 0 aliphatic carbocycles. The largest absolute Gasteiger partial charge is 0.465 e. The molecule has 5 nitrogen and oxygen atoms in total. The molecule has 2 fully saturated rings. The maximum atomic E-state index is 10.9. The van der Waals surface area contributed by atoms with Crippen LogP contribution in [0.25, 0.3) is 0 Å². The van der Waals surface area contributed by atoms with Crippen molar-refractivity contribution in [3.05, 3.63) is 0 Å². The molecule has 0 saturated carbocycles. The van der Waals surface area contributed by atoms with Crippen molar-refractivity contribution in [2.75, 3.05) is 19.6 Å². The van der Waals surface area contributed by atoms with Gasteiger partial charge in [-0.1, -0.05) is 0 Å². The summed E-state index contributed by atoms with van der Waals surface area (Å²) in [5, 5.41) is 22.1. The van der Waals surface area contributed by atoms with E-state index in [1.54, 1.807) is 0 Å². The summed E-state index contributed by atoms with van der Waals surface area (Å²) in [6, 6.07) is -0.213. The van der Waals surface area contributed by atoms with Crippen LogP contribution in [0.3, 0.4) is 0 Å². The molecule has 80 valence electrons. The number of piperidine rings is 1. The van der Waals surface area contributed by atoms with Crippen LogP contribution >= 0.6 is 0 Å².